The SMILES string of the molecule is CCc1ccc(C2c3c(oc4cc(C)cc(C)c4c3=O)C(=O)N2Cc2ccccc2)cc1. The number of aryl methyl sites for hydroxylation is 3. The monoisotopic (exact) mass is 423 g/mol. The molecule has 0 saturated carbocycles. The summed E-state index contributed by atoms with van der Waals surface area (Å²) in [5.41, 5.74) is 5.80. The van der Waals surface area contributed by atoms with Crippen LogP contribution in [0.25, 0.3) is 11.0 Å². The van der Waals surface area contributed by atoms with Crippen molar-refractivity contribution in [1.29, 1.82) is 0 Å². The summed E-state index contributed by atoms with van der Waals surface area (Å²) in [6.07, 6.45) is 0.930. The van der Waals surface area contributed by atoms with Crippen LogP contribution in [0.15, 0.2) is 75.9 Å². The third kappa shape index (κ3) is 3.23. The molecule has 0 bridgehead atoms. The van der Waals surface area contributed by atoms with E-state index in [1.54, 1.807) is 4.90 Å². The highest BCUT2D eigenvalue weighted by atomic mass is 16.3. The maximum Gasteiger partial charge on any atom is 0.291 e. The number of carbonyl (C=O) groups is 1. The lowest BCUT2D eigenvalue weighted by Crippen LogP contribution is -2.29. The molecule has 4 nitrogen and oxygen atoms in total. The summed E-state index contributed by atoms with van der Waals surface area (Å²) in [5.74, 6) is -0.0837. The Morgan fingerprint density at radius 1 is 0.906 bits per heavy atom. The fraction of sp³-hybridized carbons (Fsp3) is 0.214. The fourth-order valence-corrected chi connectivity index (χ4v) is 4.74. The van der Waals surface area contributed by atoms with Gasteiger partial charge in [-0.2, -0.15) is 0 Å². The van der Waals surface area contributed by atoms with Gasteiger partial charge in [0.05, 0.1) is 17.0 Å². The smallest absolute Gasteiger partial charge is 0.291 e. The first kappa shape index (κ1) is 20.3. The summed E-state index contributed by atoms with van der Waals surface area (Å²) < 4.78 is 6.13. The zero-order chi connectivity index (χ0) is 22.4. The first-order chi connectivity index (χ1) is 15.5. The van der Waals surface area contributed by atoms with Gasteiger partial charge in [0.1, 0.15) is 5.58 Å². The van der Waals surface area contributed by atoms with Gasteiger partial charge in [0.25, 0.3) is 5.91 Å². The first-order valence-electron chi connectivity index (χ1n) is 11.0. The number of amides is 1. The number of hydrogen-bond donors (Lipinski definition) is 0. The predicted molar refractivity (Wildman–Crippen MR) is 126 cm³/mol. The standard InChI is InChI=1S/C28H25NO3/c1-4-19-10-12-21(13-11-19)25-24-26(30)23-18(3)14-17(2)15-22(23)32-27(24)28(31)29(25)16-20-8-6-5-7-9-20/h5-15,25H,4,16H2,1-3H3. The van der Waals surface area contributed by atoms with E-state index >= 15 is 0 Å². The van der Waals surface area contributed by atoms with E-state index in [0.717, 1.165) is 28.7 Å². The van der Waals surface area contributed by atoms with Crippen molar-refractivity contribution in [3.8, 4) is 0 Å². The van der Waals surface area contributed by atoms with Gasteiger partial charge in [-0.1, -0.05) is 67.6 Å². The highest BCUT2D eigenvalue weighted by Gasteiger charge is 2.42. The molecule has 4 aromatic rings. The maximum absolute atomic E-state index is 13.8. The van der Waals surface area contributed by atoms with E-state index in [4.69, 9.17) is 4.42 Å². The van der Waals surface area contributed by atoms with Gasteiger partial charge in [0.2, 0.25) is 5.76 Å². The van der Waals surface area contributed by atoms with E-state index in [0.29, 0.717) is 23.1 Å². The van der Waals surface area contributed by atoms with Gasteiger partial charge >= 0.3 is 0 Å². The van der Waals surface area contributed by atoms with Crippen LogP contribution in [0.3, 0.4) is 0 Å². The molecule has 1 aromatic heterocycles. The van der Waals surface area contributed by atoms with Crippen molar-refractivity contribution in [2.24, 2.45) is 0 Å². The minimum atomic E-state index is -0.482. The third-order valence-corrected chi connectivity index (χ3v) is 6.31. The van der Waals surface area contributed by atoms with Crippen LogP contribution in [0.1, 0.15) is 56.9 Å². The lowest BCUT2D eigenvalue weighted by atomic mass is 9.96. The summed E-state index contributed by atoms with van der Waals surface area (Å²) >= 11 is 0. The van der Waals surface area contributed by atoms with Crippen molar-refractivity contribution < 1.29 is 9.21 Å². The number of benzene rings is 3. The van der Waals surface area contributed by atoms with E-state index in [2.05, 4.69) is 19.1 Å². The summed E-state index contributed by atoms with van der Waals surface area (Å²) in [6, 6.07) is 21.4. The molecule has 0 radical (unpaired) electrons. The lowest BCUT2D eigenvalue weighted by Gasteiger charge is -2.25. The molecular weight excluding hydrogens is 398 g/mol. The molecule has 1 atom stereocenters. The second kappa shape index (κ2) is 7.79. The Balaban J connectivity index is 1.74. The van der Waals surface area contributed by atoms with Gasteiger partial charge < -0.3 is 9.32 Å². The van der Waals surface area contributed by atoms with E-state index in [1.807, 2.05) is 68.4 Å². The Kier molecular flexibility index (Phi) is 4.93. The quantitative estimate of drug-likeness (QED) is 0.422. The second-order valence-electron chi connectivity index (χ2n) is 8.55. The lowest BCUT2D eigenvalue weighted by molar-refractivity contribution is 0.0714. The largest absolute Gasteiger partial charge is 0.450 e. The number of hydrogen-bond acceptors (Lipinski definition) is 3. The van der Waals surface area contributed by atoms with Crippen molar-refractivity contribution in [2.45, 2.75) is 39.8 Å². The van der Waals surface area contributed by atoms with Gasteiger partial charge in [-0.25, -0.2) is 0 Å². The van der Waals surface area contributed by atoms with Crippen molar-refractivity contribution in [2.75, 3.05) is 0 Å². The van der Waals surface area contributed by atoms with Crippen LogP contribution in [0.4, 0.5) is 0 Å². The van der Waals surface area contributed by atoms with Gasteiger partial charge in [0, 0.05) is 6.54 Å². The minimum absolute atomic E-state index is 0.118. The van der Waals surface area contributed by atoms with Crippen LogP contribution in [0.5, 0.6) is 0 Å². The van der Waals surface area contributed by atoms with E-state index < -0.39 is 6.04 Å². The molecule has 0 spiro atoms. The topological polar surface area (TPSA) is 50.5 Å². The van der Waals surface area contributed by atoms with Gasteiger partial charge in [0.15, 0.2) is 5.43 Å². The van der Waals surface area contributed by atoms with Crippen LogP contribution >= 0.6 is 0 Å². The maximum atomic E-state index is 13.8. The molecule has 1 unspecified atom stereocenters. The van der Waals surface area contributed by atoms with Crippen LogP contribution in [-0.4, -0.2) is 10.8 Å². The molecule has 1 aliphatic rings. The first-order valence-corrected chi connectivity index (χ1v) is 11.0. The second-order valence-corrected chi connectivity index (χ2v) is 8.55. The van der Waals surface area contributed by atoms with Gasteiger partial charge in [-0.15, -0.1) is 0 Å². The molecular formula is C28H25NO3. The molecule has 160 valence electrons. The summed E-state index contributed by atoms with van der Waals surface area (Å²) in [7, 11) is 0. The average molecular weight is 424 g/mol. The van der Waals surface area contributed by atoms with Crippen molar-refractivity contribution >= 4 is 16.9 Å². The normalized spacial score (nSPS) is 15.4. The van der Waals surface area contributed by atoms with E-state index in [-0.39, 0.29) is 17.1 Å². The number of nitrogens with zero attached hydrogens (tertiary/aromatic N) is 1. The third-order valence-electron chi connectivity index (χ3n) is 6.31. The van der Waals surface area contributed by atoms with Crippen molar-refractivity contribution in [1.82, 2.24) is 4.90 Å². The molecule has 0 N–H and O–H groups in total. The molecule has 0 fully saturated rings. The molecule has 1 amide bonds. The number of rotatable bonds is 4. The molecule has 32 heavy (non-hydrogen) atoms. The summed E-state index contributed by atoms with van der Waals surface area (Å²) in [5, 5.41) is 0.555. The Morgan fingerprint density at radius 3 is 2.31 bits per heavy atom. The summed E-state index contributed by atoms with van der Waals surface area (Å²) in [4.78, 5) is 29.1. The molecule has 5 rings (SSSR count). The zero-order valence-electron chi connectivity index (χ0n) is 18.5. The Morgan fingerprint density at radius 2 is 1.62 bits per heavy atom. The molecule has 4 heteroatoms. The molecule has 2 heterocycles. The average Bonchev–Trinajstić information content (AvgIpc) is 3.06. The molecule has 3 aromatic carbocycles. The minimum Gasteiger partial charge on any atom is -0.450 e. The Bertz CT molecular complexity index is 1380. The Labute approximate surface area is 187 Å². The predicted octanol–water partition coefficient (Wildman–Crippen LogP) is 5.72. The van der Waals surface area contributed by atoms with Gasteiger partial charge in [-0.05, 0) is 54.2 Å². The summed E-state index contributed by atoms with van der Waals surface area (Å²) in [6.45, 7) is 6.39. The van der Waals surface area contributed by atoms with Crippen molar-refractivity contribution in [3.05, 3.63) is 116 Å². The van der Waals surface area contributed by atoms with Crippen LogP contribution in [0.2, 0.25) is 0 Å². The van der Waals surface area contributed by atoms with Crippen LogP contribution in [0, 0.1) is 13.8 Å². The number of fused-ring (bicyclic) bond motifs is 2. The van der Waals surface area contributed by atoms with E-state index in [9.17, 15) is 9.59 Å². The highest BCUT2D eigenvalue weighted by molar-refractivity contribution is 5.99. The van der Waals surface area contributed by atoms with Gasteiger partial charge in [-0.3, -0.25) is 9.59 Å². The Hall–Kier alpha value is -3.66. The molecule has 0 saturated heterocycles. The van der Waals surface area contributed by atoms with Crippen LogP contribution < -0.4 is 5.43 Å². The molecule has 0 aliphatic carbocycles. The van der Waals surface area contributed by atoms with Crippen LogP contribution in [-0.2, 0) is 13.0 Å². The van der Waals surface area contributed by atoms with Crippen molar-refractivity contribution in [3.63, 3.8) is 0 Å². The molecule has 1 aliphatic heterocycles. The zero-order valence-corrected chi connectivity index (χ0v) is 18.5. The highest BCUT2D eigenvalue weighted by Crippen LogP contribution is 2.39. The van der Waals surface area contributed by atoms with E-state index in [1.165, 1.54) is 5.56 Å². The fourth-order valence-electron chi connectivity index (χ4n) is 4.74. The number of carbonyl (C=O) groups excluding carboxylic acids is 1.